The van der Waals surface area contributed by atoms with Crippen molar-refractivity contribution in [3.8, 4) is 0 Å². The summed E-state index contributed by atoms with van der Waals surface area (Å²) in [7, 11) is 1.75. The normalized spacial score (nSPS) is 20.2. The van der Waals surface area contributed by atoms with Gasteiger partial charge in [0.05, 0.1) is 12.0 Å². The number of carbonyl (C=O) groups is 2. The van der Waals surface area contributed by atoms with Crippen molar-refractivity contribution in [2.24, 2.45) is 5.92 Å². The molecule has 1 fully saturated rings. The Bertz CT molecular complexity index is 748. The minimum Gasteiger partial charge on any atom is -0.352 e. The number of hydrogen-bond acceptors (Lipinski definition) is 2. The average molecular weight is 343 g/mol. The number of likely N-dealkylation sites (tertiary alicyclic amines) is 1. The zero-order valence-electron chi connectivity index (χ0n) is 13.4. The molecule has 124 valence electrons. The lowest BCUT2D eigenvalue weighted by molar-refractivity contribution is -0.128. The molecule has 0 radical (unpaired) electrons. The highest BCUT2D eigenvalue weighted by Crippen LogP contribution is 2.37. The zero-order valence-corrected chi connectivity index (χ0v) is 14.2. The van der Waals surface area contributed by atoms with Crippen molar-refractivity contribution in [1.29, 1.82) is 0 Å². The summed E-state index contributed by atoms with van der Waals surface area (Å²) in [5.74, 6) is -0.532. The van der Waals surface area contributed by atoms with Crippen molar-refractivity contribution in [1.82, 2.24) is 10.2 Å². The van der Waals surface area contributed by atoms with Gasteiger partial charge in [-0.25, -0.2) is 0 Å². The summed E-state index contributed by atoms with van der Waals surface area (Å²) in [6, 6.07) is 16.8. The maximum absolute atomic E-state index is 12.7. The summed E-state index contributed by atoms with van der Waals surface area (Å²) >= 11 is 6.12. The highest BCUT2D eigenvalue weighted by atomic mass is 35.5. The van der Waals surface area contributed by atoms with Gasteiger partial charge in [-0.3, -0.25) is 9.59 Å². The van der Waals surface area contributed by atoms with Gasteiger partial charge < -0.3 is 10.2 Å². The molecule has 24 heavy (non-hydrogen) atoms. The molecule has 2 aromatic rings. The monoisotopic (exact) mass is 342 g/mol. The molecule has 0 saturated carbocycles. The molecule has 2 amide bonds. The molecule has 0 aromatic heterocycles. The third kappa shape index (κ3) is 3.29. The fourth-order valence-corrected chi connectivity index (χ4v) is 3.37. The van der Waals surface area contributed by atoms with E-state index in [1.165, 1.54) is 0 Å². The lowest BCUT2D eigenvalue weighted by atomic mass is 9.93. The van der Waals surface area contributed by atoms with Crippen molar-refractivity contribution in [2.75, 3.05) is 7.05 Å². The summed E-state index contributed by atoms with van der Waals surface area (Å²) in [5.41, 5.74) is 1.84. The third-order valence-electron chi connectivity index (χ3n) is 4.48. The topological polar surface area (TPSA) is 49.4 Å². The smallest absolute Gasteiger partial charge is 0.226 e. The number of nitrogens with one attached hydrogen (secondary N) is 1. The SMILES string of the molecule is CN1C(=O)C[C@H](C(=O)NCc2ccccc2Cl)[C@H]1c1ccccc1. The van der Waals surface area contributed by atoms with Crippen LogP contribution in [0.3, 0.4) is 0 Å². The number of benzene rings is 2. The maximum atomic E-state index is 12.7. The summed E-state index contributed by atoms with van der Waals surface area (Å²) in [6.07, 6.45) is 0.227. The zero-order chi connectivity index (χ0) is 17.1. The number of rotatable bonds is 4. The van der Waals surface area contributed by atoms with Crippen molar-refractivity contribution in [3.05, 3.63) is 70.7 Å². The lowest BCUT2D eigenvalue weighted by Gasteiger charge is -2.25. The van der Waals surface area contributed by atoms with Gasteiger partial charge in [-0.05, 0) is 17.2 Å². The highest BCUT2D eigenvalue weighted by Gasteiger charge is 2.42. The lowest BCUT2D eigenvalue weighted by Crippen LogP contribution is -2.34. The first-order valence-corrected chi connectivity index (χ1v) is 8.27. The van der Waals surface area contributed by atoms with Crippen LogP contribution in [0.4, 0.5) is 0 Å². The molecule has 1 aliphatic heterocycles. The molecule has 0 bridgehead atoms. The van der Waals surface area contributed by atoms with Crippen LogP contribution in [0.2, 0.25) is 5.02 Å². The second-order valence-corrected chi connectivity index (χ2v) is 6.39. The van der Waals surface area contributed by atoms with Gasteiger partial charge in [0.2, 0.25) is 11.8 Å². The van der Waals surface area contributed by atoms with Crippen LogP contribution in [0.1, 0.15) is 23.6 Å². The van der Waals surface area contributed by atoms with Crippen LogP contribution in [0.25, 0.3) is 0 Å². The minimum absolute atomic E-state index is 0.0123. The molecule has 3 rings (SSSR count). The van der Waals surface area contributed by atoms with E-state index >= 15 is 0 Å². The Labute approximate surface area is 146 Å². The standard InChI is InChI=1S/C19H19ClN2O2/c1-22-17(23)11-15(18(22)13-7-3-2-4-8-13)19(24)21-12-14-9-5-6-10-16(14)20/h2-10,15,18H,11-12H2,1H3,(H,21,24)/t15-,18+/m0/s1. The Morgan fingerprint density at radius 1 is 1.17 bits per heavy atom. The van der Waals surface area contributed by atoms with Crippen molar-refractivity contribution in [3.63, 3.8) is 0 Å². The van der Waals surface area contributed by atoms with E-state index in [0.717, 1.165) is 11.1 Å². The van der Waals surface area contributed by atoms with Gasteiger partial charge in [0.25, 0.3) is 0 Å². The number of hydrogen-bond donors (Lipinski definition) is 1. The Kier molecular flexibility index (Phi) is 4.86. The van der Waals surface area contributed by atoms with Crippen LogP contribution in [0, 0.1) is 5.92 Å². The summed E-state index contributed by atoms with van der Waals surface area (Å²) in [5, 5.41) is 3.54. The molecule has 5 heteroatoms. The second-order valence-electron chi connectivity index (χ2n) is 5.98. The fraction of sp³-hybridized carbons (Fsp3) is 0.263. The molecule has 0 spiro atoms. The first kappa shape index (κ1) is 16.5. The Hall–Kier alpha value is -2.33. The van der Waals surface area contributed by atoms with Crippen LogP contribution in [0.15, 0.2) is 54.6 Å². The number of carbonyl (C=O) groups excluding carboxylic acids is 2. The number of amides is 2. The van der Waals surface area contributed by atoms with E-state index in [9.17, 15) is 9.59 Å². The van der Waals surface area contributed by atoms with Gasteiger partial charge in [0.15, 0.2) is 0 Å². The highest BCUT2D eigenvalue weighted by molar-refractivity contribution is 6.31. The molecule has 4 nitrogen and oxygen atoms in total. The van der Waals surface area contributed by atoms with Gasteiger partial charge in [-0.1, -0.05) is 60.1 Å². The van der Waals surface area contributed by atoms with Crippen LogP contribution in [-0.2, 0) is 16.1 Å². The van der Waals surface area contributed by atoms with Crippen molar-refractivity contribution < 1.29 is 9.59 Å². The molecule has 1 N–H and O–H groups in total. The van der Waals surface area contributed by atoms with Crippen LogP contribution in [-0.4, -0.2) is 23.8 Å². The molecular formula is C19H19ClN2O2. The Morgan fingerprint density at radius 2 is 1.83 bits per heavy atom. The van der Waals surface area contributed by atoms with E-state index in [4.69, 9.17) is 11.6 Å². The van der Waals surface area contributed by atoms with E-state index in [2.05, 4.69) is 5.32 Å². The van der Waals surface area contributed by atoms with Crippen LogP contribution in [0.5, 0.6) is 0 Å². The van der Waals surface area contributed by atoms with Crippen molar-refractivity contribution >= 4 is 23.4 Å². The molecule has 0 aliphatic carbocycles. The number of halogens is 1. The first-order valence-electron chi connectivity index (χ1n) is 7.89. The predicted molar refractivity (Wildman–Crippen MR) is 93.4 cm³/mol. The van der Waals surface area contributed by atoms with E-state index in [1.54, 1.807) is 18.0 Å². The molecule has 0 unspecified atom stereocenters. The first-order chi connectivity index (χ1) is 11.6. The molecule has 1 heterocycles. The second kappa shape index (κ2) is 7.05. The summed E-state index contributed by atoms with van der Waals surface area (Å²) in [4.78, 5) is 26.5. The van der Waals surface area contributed by atoms with Crippen LogP contribution >= 0.6 is 11.6 Å². The third-order valence-corrected chi connectivity index (χ3v) is 4.84. The molecule has 2 aromatic carbocycles. The van der Waals surface area contributed by atoms with E-state index in [-0.39, 0.29) is 24.3 Å². The minimum atomic E-state index is -0.396. The van der Waals surface area contributed by atoms with Crippen LogP contribution < -0.4 is 5.32 Å². The molecular weight excluding hydrogens is 324 g/mol. The van der Waals surface area contributed by atoms with E-state index < -0.39 is 5.92 Å². The predicted octanol–water partition coefficient (Wildman–Crippen LogP) is 3.18. The van der Waals surface area contributed by atoms with Gasteiger partial charge in [-0.15, -0.1) is 0 Å². The number of nitrogens with zero attached hydrogens (tertiary/aromatic N) is 1. The van der Waals surface area contributed by atoms with Gasteiger partial charge in [-0.2, -0.15) is 0 Å². The van der Waals surface area contributed by atoms with Gasteiger partial charge >= 0.3 is 0 Å². The summed E-state index contributed by atoms with van der Waals surface area (Å²) in [6.45, 7) is 0.356. The van der Waals surface area contributed by atoms with Crippen molar-refractivity contribution in [2.45, 2.75) is 19.0 Å². The quantitative estimate of drug-likeness (QED) is 0.927. The van der Waals surface area contributed by atoms with E-state index in [0.29, 0.717) is 11.6 Å². The molecule has 1 aliphatic rings. The Morgan fingerprint density at radius 3 is 2.54 bits per heavy atom. The fourth-order valence-electron chi connectivity index (χ4n) is 3.17. The average Bonchev–Trinajstić information content (AvgIpc) is 2.90. The molecule has 1 saturated heterocycles. The van der Waals surface area contributed by atoms with Gasteiger partial charge in [0, 0.05) is 25.0 Å². The van der Waals surface area contributed by atoms with E-state index in [1.807, 2.05) is 48.5 Å². The Balaban J connectivity index is 1.75. The maximum Gasteiger partial charge on any atom is 0.226 e. The summed E-state index contributed by atoms with van der Waals surface area (Å²) < 4.78 is 0. The van der Waals surface area contributed by atoms with Gasteiger partial charge in [0.1, 0.15) is 0 Å². The largest absolute Gasteiger partial charge is 0.352 e. The molecule has 2 atom stereocenters.